The van der Waals surface area contributed by atoms with Gasteiger partial charge in [-0.3, -0.25) is 0 Å². The van der Waals surface area contributed by atoms with E-state index in [-0.39, 0.29) is 12.2 Å². The Morgan fingerprint density at radius 2 is 1.22 bits per heavy atom. The van der Waals surface area contributed by atoms with Crippen molar-refractivity contribution >= 4 is 16.7 Å². The van der Waals surface area contributed by atoms with Gasteiger partial charge in [-0.1, -0.05) is 66.3 Å². The molecule has 0 saturated carbocycles. The van der Waals surface area contributed by atoms with Crippen LogP contribution in [0.4, 0.5) is 0 Å². The first kappa shape index (κ1) is 15.6. The van der Waals surface area contributed by atoms with E-state index in [0.717, 1.165) is 25.9 Å². The fraction of sp³-hybridized carbons (Fsp3) is 0.280. The summed E-state index contributed by atoms with van der Waals surface area (Å²) in [4.78, 5) is 2.44. The summed E-state index contributed by atoms with van der Waals surface area (Å²) < 4.78 is 6.28. The van der Waals surface area contributed by atoms with Crippen molar-refractivity contribution in [3.63, 3.8) is 0 Å². The van der Waals surface area contributed by atoms with Crippen LogP contribution in [0.1, 0.15) is 35.1 Å². The molecule has 0 radical (unpaired) electrons. The monoisotopic (exact) mass is 353 g/mol. The Hall–Kier alpha value is -2.42. The third-order valence-electron chi connectivity index (χ3n) is 6.53. The smallest absolute Gasteiger partial charge is 0.103 e. The van der Waals surface area contributed by atoms with E-state index < -0.39 is 0 Å². The lowest BCUT2D eigenvalue weighted by Gasteiger charge is -2.28. The van der Waals surface area contributed by atoms with Crippen LogP contribution in [-0.2, 0) is 4.74 Å². The lowest BCUT2D eigenvalue weighted by molar-refractivity contribution is 0.143. The zero-order chi connectivity index (χ0) is 18.0. The number of hydrogen-bond acceptors (Lipinski definition) is 2. The maximum Gasteiger partial charge on any atom is 0.103 e. The van der Waals surface area contributed by atoms with Crippen LogP contribution in [0.3, 0.4) is 0 Å². The van der Waals surface area contributed by atoms with Gasteiger partial charge in [0.25, 0.3) is 0 Å². The Bertz CT molecular complexity index is 964. The number of fused-ring (bicyclic) bond motifs is 8. The molecule has 6 rings (SSSR count). The zero-order valence-corrected chi connectivity index (χ0v) is 15.6. The first-order valence-corrected chi connectivity index (χ1v) is 9.99. The molecule has 134 valence electrons. The summed E-state index contributed by atoms with van der Waals surface area (Å²) in [6, 6.07) is 17.9. The molecule has 1 aliphatic carbocycles. The number of piperidine rings is 1. The van der Waals surface area contributed by atoms with Gasteiger partial charge in [-0.25, -0.2) is 0 Å². The summed E-state index contributed by atoms with van der Waals surface area (Å²) in [5.41, 5.74) is 11.4. The first-order chi connectivity index (χ1) is 13.3. The van der Waals surface area contributed by atoms with Crippen LogP contribution >= 0.6 is 0 Å². The minimum atomic E-state index is 0.0982. The molecule has 0 spiro atoms. The predicted molar refractivity (Wildman–Crippen MR) is 110 cm³/mol. The van der Waals surface area contributed by atoms with Crippen LogP contribution in [-0.4, -0.2) is 37.2 Å². The first-order valence-electron chi connectivity index (χ1n) is 9.99. The third kappa shape index (κ3) is 2.20. The van der Waals surface area contributed by atoms with Crippen molar-refractivity contribution in [1.29, 1.82) is 0 Å². The molecule has 2 aromatic rings. The van der Waals surface area contributed by atoms with Crippen LogP contribution in [0, 0.1) is 0 Å². The highest BCUT2D eigenvalue weighted by Crippen LogP contribution is 2.52. The molecule has 1 saturated heterocycles. The van der Waals surface area contributed by atoms with Gasteiger partial charge in [0.2, 0.25) is 0 Å². The van der Waals surface area contributed by atoms with E-state index >= 15 is 0 Å². The van der Waals surface area contributed by atoms with Crippen molar-refractivity contribution in [3.8, 4) is 0 Å². The highest BCUT2D eigenvalue weighted by Gasteiger charge is 2.41. The van der Waals surface area contributed by atoms with Crippen molar-refractivity contribution in [2.24, 2.45) is 0 Å². The highest BCUT2D eigenvalue weighted by atomic mass is 16.5. The number of nitrogens with zero attached hydrogens (tertiary/aromatic N) is 1. The van der Waals surface area contributed by atoms with E-state index in [1.807, 2.05) is 0 Å². The molecule has 0 aromatic heterocycles. The number of ether oxygens (including phenoxy) is 1. The molecular weight excluding hydrogens is 330 g/mol. The van der Waals surface area contributed by atoms with Crippen molar-refractivity contribution in [2.45, 2.75) is 25.0 Å². The molecule has 0 amide bonds. The van der Waals surface area contributed by atoms with Crippen molar-refractivity contribution in [2.75, 3.05) is 20.1 Å². The summed E-state index contributed by atoms with van der Waals surface area (Å²) in [7, 11) is 2.23. The second-order valence-electron chi connectivity index (χ2n) is 8.06. The van der Waals surface area contributed by atoms with Gasteiger partial charge in [0, 0.05) is 13.1 Å². The average molecular weight is 353 g/mol. The predicted octanol–water partition coefficient (Wildman–Crippen LogP) is 4.78. The van der Waals surface area contributed by atoms with Gasteiger partial charge in [-0.2, -0.15) is 0 Å². The molecule has 2 atom stereocenters. The van der Waals surface area contributed by atoms with E-state index in [2.05, 4.69) is 72.6 Å². The molecule has 3 heterocycles. The summed E-state index contributed by atoms with van der Waals surface area (Å²) in [6.45, 7) is 2.29. The average Bonchev–Trinajstić information content (AvgIpc) is 3.29. The molecule has 4 aliphatic rings. The van der Waals surface area contributed by atoms with E-state index in [1.54, 1.807) is 5.57 Å². The Labute approximate surface area is 160 Å². The second-order valence-corrected chi connectivity index (χ2v) is 8.06. The molecule has 1 fully saturated rings. The Morgan fingerprint density at radius 3 is 1.74 bits per heavy atom. The van der Waals surface area contributed by atoms with Crippen LogP contribution in [0.15, 0.2) is 66.3 Å². The standard InChI is InChI=1S/C25H23NO/c1-26-14-12-16(13-15-26)23-17-6-2-4-8-19(17)24-21-10-11-22(27-21)25(24)20-9-5-3-7-18(20)23/h2-11,21-22H,12-15H2,1H3. The quantitative estimate of drug-likeness (QED) is 0.632. The van der Waals surface area contributed by atoms with Gasteiger partial charge in [-0.15, -0.1) is 0 Å². The van der Waals surface area contributed by atoms with Crippen LogP contribution in [0.2, 0.25) is 0 Å². The van der Waals surface area contributed by atoms with Gasteiger partial charge in [0.05, 0.1) is 0 Å². The van der Waals surface area contributed by atoms with Crippen LogP contribution in [0.25, 0.3) is 16.7 Å². The molecular formula is C25H23NO. The number of likely N-dealkylation sites (tertiary alicyclic amines) is 1. The minimum Gasteiger partial charge on any atom is -0.357 e. The summed E-state index contributed by atoms with van der Waals surface area (Å²) in [5, 5.41) is 0. The van der Waals surface area contributed by atoms with Crippen molar-refractivity contribution in [1.82, 2.24) is 4.90 Å². The maximum absolute atomic E-state index is 6.28. The molecule has 3 aliphatic heterocycles. The fourth-order valence-electron chi connectivity index (χ4n) is 5.22. The van der Waals surface area contributed by atoms with Gasteiger partial charge >= 0.3 is 0 Å². The molecule has 2 nitrogen and oxygen atoms in total. The third-order valence-corrected chi connectivity index (χ3v) is 6.53. The Kier molecular flexibility index (Phi) is 3.35. The van der Waals surface area contributed by atoms with E-state index in [9.17, 15) is 0 Å². The number of rotatable bonds is 0. The topological polar surface area (TPSA) is 12.5 Å². The zero-order valence-electron chi connectivity index (χ0n) is 15.6. The Balaban J connectivity index is 1.68. The van der Waals surface area contributed by atoms with Crippen molar-refractivity contribution in [3.05, 3.63) is 88.5 Å². The summed E-state index contributed by atoms with van der Waals surface area (Å²) in [5.74, 6) is 0. The molecule has 2 bridgehead atoms. The van der Waals surface area contributed by atoms with Crippen LogP contribution < -0.4 is 0 Å². The van der Waals surface area contributed by atoms with Crippen molar-refractivity contribution < 1.29 is 4.74 Å². The second kappa shape index (κ2) is 5.79. The molecule has 27 heavy (non-hydrogen) atoms. The normalized spacial score (nSPS) is 26.1. The van der Waals surface area contributed by atoms with Gasteiger partial charge in [-0.05, 0) is 58.9 Å². The molecule has 2 aromatic carbocycles. The van der Waals surface area contributed by atoms with E-state index in [0.29, 0.717) is 0 Å². The molecule has 2 unspecified atom stereocenters. The summed E-state index contributed by atoms with van der Waals surface area (Å²) in [6.07, 6.45) is 6.97. The summed E-state index contributed by atoms with van der Waals surface area (Å²) >= 11 is 0. The number of hydrogen-bond donors (Lipinski definition) is 0. The van der Waals surface area contributed by atoms with Gasteiger partial charge in [0.15, 0.2) is 0 Å². The van der Waals surface area contributed by atoms with Crippen LogP contribution in [0.5, 0.6) is 0 Å². The van der Waals surface area contributed by atoms with E-state index in [4.69, 9.17) is 4.74 Å². The Morgan fingerprint density at radius 1 is 0.741 bits per heavy atom. The highest BCUT2D eigenvalue weighted by molar-refractivity contribution is 6.08. The van der Waals surface area contributed by atoms with Gasteiger partial charge in [0.1, 0.15) is 12.2 Å². The number of benzene rings is 2. The largest absolute Gasteiger partial charge is 0.357 e. The van der Waals surface area contributed by atoms with Gasteiger partial charge < -0.3 is 9.64 Å². The lowest BCUT2D eigenvalue weighted by Crippen LogP contribution is -2.27. The SMILES string of the molecule is CN1CCC(=C2c3ccccc3C3=C(c4ccccc42)C2C=CC3O2)CC1. The fourth-order valence-corrected chi connectivity index (χ4v) is 5.22. The maximum atomic E-state index is 6.28. The molecule has 0 N–H and O–H groups in total. The minimum absolute atomic E-state index is 0.0982. The molecule has 2 heteroatoms. The van der Waals surface area contributed by atoms with E-state index in [1.165, 1.54) is 39.0 Å². The lowest BCUT2D eigenvalue weighted by atomic mass is 9.85.